The highest BCUT2D eigenvalue weighted by molar-refractivity contribution is 7.13. The highest BCUT2D eigenvalue weighted by Gasteiger charge is 2.25. The first kappa shape index (κ1) is 11.9. The van der Waals surface area contributed by atoms with Crippen molar-refractivity contribution in [2.75, 3.05) is 0 Å². The third-order valence-corrected chi connectivity index (χ3v) is 4.48. The number of hydrogen-bond donors (Lipinski definition) is 1. The molecule has 1 aliphatic carbocycles. The van der Waals surface area contributed by atoms with E-state index in [0.29, 0.717) is 0 Å². The second kappa shape index (κ2) is 5.19. The minimum absolute atomic E-state index is 0.0237. The summed E-state index contributed by atoms with van der Waals surface area (Å²) in [5.74, 6) is 0.0237. The molecule has 1 amide bonds. The smallest absolute Gasteiger partial charge is 0.261 e. The Morgan fingerprint density at radius 1 is 1.44 bits per heavy atom. The first-order valence-electron chi connectivity index (χ1n) is 5.68. The fraction of sp³-hybridized carbons (Fsp3) is 0.583. The standard InChI is InChI=1S/C12H16ClNOS/c1-8-6-7-11(16-8)12(15)14-10-5-3-2-4-9(10)13/h6-7,9-10H,2-5H2,1H3,(H,14,15). The predicted octanol–water partition coefficient (Wildman–Crippen LogP) is 3.34. The van der Waals surface area contributed by atoms with E-state index in [1.165, 1.54) is 17.8 Å². The first-order chi connectivity index (χ1) is 7.66. The Hall–Kier alpha value is -0.540. The molecule has 0 radical (unpaired) electrons. The minimum atomic E-state index is 0.0237. The van der Waals surface area contributed by atoms with E-state index >= 15 is 0 Å². The number of halogens is 1. The molecule has 2 rings (SSSR count). The van der Waals surface area contributed by atoms with E-state index in [1.54, 1.807) is 0 Å². The molecule has 2 unspecified atom stereocenters. The molecular weight excluding hydrogens is 242 g/mol. The summed E-state index contributed by atoms with van der Waals surface area (Å²) in [6.07, 6.45) is 4.36. The molecule has 4 heteroatoms. The highest BCUT2D eigenvalue weighted by atomic mass is 35.5. The fourth-order valence-electron chi connectivity index (χ4n) is 2.04. The van der Waals surface area contributed by atoms with Crippen LogP contribution >= 0.6 is 22.9 Å². The lowest BCUT2D eigenvalue weighted by atomic mass is 9.95. The zero-order valence-electron chi connectivity index (χ0n) is 9.33. The lowest BCUT2D eigenvalue weighted by Gasteiger charge is -2.27. The zero-order chi connectivity index (χ0) is 11.5. The number of hydrogen-bond acceptors (Lipinski definition) is 2. The second-order valence-electron chi connectivity index (χ2n) is 4.29. The molecule has 88 valence electrons. The summed E-state index contributed by atoms with van der Waals surface area (Å²) in [5.41, 5.74) is 0. The molecule has 1 aromatic rings. The third-order valence-electron chi connectivity index (χ3n) is 2.96. The highest BCUT2D eigenvalue weighted by Crippen LogP contribution is 2.24. The molecule has 0 aliphatic heterocycles. The number of nitrogens with one attached hydrogen (secondary N) is 1. The third kappa shape index (κ3) is 2.77. The molecule has 2 atom stereocenters. The summed E-state index contributed by atoms with van der Waals surface area (Å²) in [5, 5.41) is 3.13. The van der Waals surface area contributed by atoms with Gasteiger partial charge in [-0.1, -0.05) is 12.8 Å². The average molecular weight is 258 g/mol. The van der Waals surface area contributed by atoms with E-state index in [1.807, 2.05) is 19.1 Å². The van der Waals surface area contributed by atoms with Gasteiger partial charge in [-0.2, -0.15) is 0 Å². The summed E-state index contributed by atoms with van der Waals surface area (Å²) in [6, 6.07) is 3.99. The summed E-state index contributed by atoms with van der Waals surface area (Å²) in [6.45, 7) is 2.01. The molecule has 16 heavy (non-hydrogen) atoms. The van der Waals surface area contributed by atoms with E-state index in [0.717, 1.165) is 29.0 Å². The Kier molecular flexibility index (Phi) is 3.87. The quantitative estimate of drug-likeness (QED) is 0.809. The lowest BCUT2D eigenvalue weighted by molar-refractivity contribution is 0.0933. The Labute approximate surface area is 105 Å². The molecular formula is C12H16ClNOS. The number of carbonyl (C=O) groups is 1. The number of thiophene rings is 1. The number of amides is 1. The van der Waals surface area contributed by atoms with Gasteiger partial charge in [0.1, 0.15) is 0 Å². The normalized spacial score (nSPS) is 25.4. The van der Waals surface area contributed by atoms with Crippen LogP contribution in [0.15, 0.2) is 12.1 Å². The van der Waals surface area contributed by atoms with Gasteiger partial charge in [0.2, 0.25) is 0 Å². The van der Waals surface area contributed by atoms with Crippen LogP contribution in [0, 0.1) is 6.92 Å². The molecule has 1 saturated carbocycles. The molecule has 0 spiro atoms. The van der Waals surface area contributed by atoms with E-state index in [4.69, 9.17) is 11.6 Å². The Morgan fingerprint density at radius 2 is 2.19 bits per heavy atom. The van der Waals surface area contributed by atoms with Crippen LogP contribution in [0.4, 0.5) is 0 Å². The van der Waals surface area contributed by atoms with Crippen LogP contribution in [0.1, 0.15) is 40.2 Å². The van der Waals surface area contributed by atoms with E-state index in [9.17, 15) is 4.79 Å². The van der Waals surface area contributed by atoms with Crippen LogP contribution in [0.5, 0.6) is 0 Å². The Morgan fingerprint density at radius 3 is 2.81 bits per heavy atom. The van der Waals surface area contributed by atoms with Gasteiger partial charge < -0.3 is 5.32 Å². The van der Waals surface area contributed by atoms with Crippen molar-refractivity contribution in [1.29, 1.82) is 0 Å². The fourth-order valence-corrected chi connectivity index (χ4v) is 3.16. The van der Waals surface area contributed by atoms with Gasteiger partial charge in [-0.15, -0.1) is 22.9 Å². The molecule has 1 aromatic heterocycles. The van der Waals surface area contributed by atoms with Crippen molar-refractivity contribution in [1.82, 2.24) is 5.32 Å². The van der Waals surface area contributed by atoms with Crippen molar-refractivity contribution in [3.8, 4) is 0 Å². The van der Waals surface area contributed by atoms with Gasteiger partial charge in [0.05, 0.1) is 10.3 Å². The molecule has 1 fully saturated rings. The van der Waals surface area contributed by atoms with Crippen LogP contribution in [-0.4, -0.2) is 17.3 Å². The topological polar surface area (TPSA) is 29.1 Å². The molecule has 1 heterocycles. The van der Waals surface area contributed by atoms with E-state index in [-0.39, 0.29) is 17.3 Å². The van der Waals surface area contributed by atoms with Crippen molar-refractivity contribution in [2.45, 2.75) is 44.0 Å². The molecule has 0 aromatic carbocycles. The van der Waals surface area contributed by atoms with Crippen molar-refractivity contribution in [2.24, 2.45) is 0 Å². The van der Waals surface area contributed by atoms with Crippen LogP contribution < -0.4 is 5.32 Å². The van der Waals surface area contributed by atoms with Crippen LogP contribution in [0.2, 0.25) is 0 Å². The molecule has 0 saturated heterocycles. The molecule has 1 N–H and O–H groups in total. The number of rotatable bonds is 2. The van der Waals surface area contributed by atoms with Crippen LogP contribution in [0.3, 0.4) is 0 Å². The number of alkyl halides is 1. The zero-order valence-corrected chi connectivity index (χ0v) is 10.9. The lowest BCUT2D eigenvalue weighted by Crippen LogP contribution is -2.42. The van der Waals surface area contributed by atoms with Gasteiger partial charge in [-0.05, 0) is 31.9 Å². The number of aryl methyl sites for hydroxylation is 1. The summed E-state index contributed by atoms with van der Waals surface area (Å²) in [4.78, 5) is 13.9. The van der Waals surface area contributed by atoms with Gasteiger partial charge in [-0.25, -0.2) is 0 Å². The van der Waals surface area contributed by atoms with Crippen LogP contribution in [-0.2, 0) is 0 Å². The van der Waals surface area contributed by atoms with Gasteiger partial charge in [-0.3, -0.25) is 4.79 Å². The number of carbonyl (C=O) groups excluding carboxylic acids is 1. The average Bonchev–Trinajstić information content (AvgIpc) is 2.68. The van der Waals surface area contributed by atoms with Gasteiger partial charge in [0.25, 0.3) is 5.91 Å². The van der Waals surface area contributed by atoms with Gasteiger partial charge in [0.15, 0.2) is 0 Å². The van der Waals surface area contributed by atoms with Crippen LogP contribution in [0.25, 0.3) is 0 Å². The molecule has 0 bridgehead atoms. The first-order valence-corrected chi connectivity index (χ1v) is 6.93. The maximum absolute atomic E-state index is 11.9. The van der Waals surface area contributed by atoms with Gasteiger partial charge in [0, 0.05) is 10.9 Å². The van der Waals surface area contributed by atoms with Crippen molar-refractivity contribution < 1.29 is 4.79 Å². The second-order valence-corrected chi connectivity index (χ2v) is 6.14. The van der Waals surface area contributed by atoms with E-state index in [2.05, 4.69) is 5.32 Å². The van der Waals surface area contributed by atoms with Gasteiger partial charge >= 0.3 is 0 Å². The maximum Gasteiger partial charge on any atom is 0.261 e. The maximum atomic E-state index is 11.9. The van der Waals surface area contributed by atoms with Crippen molar-refractivity contribution in [3.63, 3.8) is 0 Å². The molecule has 2 nitrogen and oxygen atoms in total. The summed E-state index contributed by atoms with van der Waals surface area (Å²) < 4.78 is 0. The minimum Gasteiger partial charge on any atom is -0.347 e. The monoisotopic (exact) mass is 257 g/mol. The SMILES string of the molecule is Cc1ccc(C(=O)NC2CCCCC2Cl)s1. The Balaban J connectivity index is 1.96. The van der Waals surface area contributed by atoms with Crippen molar-refractivity contribution >= 4 is 28.8 Å². The van der Waals surface area contributed by atoms with Crippen molar-refractivity contribution in [3.05, 3.63) is 21.9 Å². The Bertz CT molecular complexity index is 377. The largest absolute Gasteiger partial charge is 0.347 e. The summed E-state index contributed by atoms with van der Waals surface area (Å²) >= 11 is 7.74. The summed E-state index contributed by atoms with van der Waals surface area (Å²) in [7, 11) is 0. The predicted molar refractivity (Wildman–Crippen MR) is 68.4 cm³/mol. The molecule has 1 aliphatic rings. The van der Waals surface area contributed by atoms with E-state index < -0.39 is 0 Å².